The summed E-state index contributed by atoms with van der Waals surface area (Å²) in [5, 5.41) is 0. The fourth-order valence-electron chi connectivity index (χ4n) is 1.22. The summed E-state index contributed by atoms with van der Waals surface area (Å²) >= 11 is 0. The first kappa shape index (κ1) is 15.4. The Bertz CT molecular complexity index is 458. The molecule has 1 N–H and O–H groups in total. The molecule has 0 aromatic heterocycles. The summed E-state index contributed by atoms with van der Waals surface area (Å²) in [6.07, 6.45) is -4.85. The van der Waals surface area contributed by atoms with Crippen molar-refractivity contribution >= 4 is 5.91 Å². The van der Waals surface area contributed by atoms with Crippen LogP contribution < -0.4 is 5.48 Å². The van der Waals surface area contributed by atoms with E-state index in [4.69, 9.17) is 4.84 Å². The van der Waals surface area contributed by atoms with Gasteiger partial charge < -0.3 is 0 Å². The Kier molecular flexibility index (Phi) is 4.88. The summed E-state index contributed by atoms with van der Waals surface area (Å²) in [7, 11) is 0. The van der Waals surface area contributed by atoms with Crippen LogP contribution in [0.3, 0.4) is 0 Å². The Labute approximate surface area is 107 Å². The zero-order valence-electron chi connectivity index (χ0n) is 10.3. The molecule has 1 aromatic rings. The lowest BCUT2D eigenvalue weighted by molar-refractivity contribution is -0.140. The van der Waals surface area contributed by atoms with Crippen molar-refractivity contribution in [1.29, 1.82) is 0 Å². The highest BCUT2D eigenvalue weighted by Gasteiger charge is 2.34. The van der Waals surface area contributed by atoms with E-state index in [1.807, 2.05) is 19.3 Å². The van der Waals surface area contributed by atoms with Gasteiger partial charge in [-0.05, 0) is 24.1 Å². The molecule has 0 saturated heterocycles. The molecule has 0 bridgehead atoms. The number of carbonyl (C=O) groups excluding carboxylic acids is 1. The number of hydrogen-bond donors (Lipinski definition) is 1. The van der Waals surface area contributed by atoms with E-state index in [0.717, 1.165) is 6.07 Å². The van der Waals surface area contributed by atoms with E-state index in [1.54, 1.807) is 0 Å². The van der Waals surface area contributed by atoms with Crippen molar-refractivity contribution < 1.29 is 27.2 Å². The van der Waals surface area contributed by atoms with Gasteiger partial charge in [-0.15, -0.1) is 0 Å². The number of alkyl halides is 3. The van der Waals surface area contributed by atoms with Crippen LogP contribution in [0.4, 0.5) is 17.6 Å². The quantitative estimate of drug-likeness (QED) is 0.679. The predicted molar refractivity (Wildman–Crippen MR) is 59.7 cm³/mol. The smallest absolute Gasteiger partial charge is 0.273 e. The largest absolute Gasteiger partial charge is 0.419 e. The number of benzene rings is 1. The molecule has 0 saturated carbocycles. The van der Waals surface area contributed by atoms with Crippen molar-refractivity contribution in [1.82, 2.24) is 5.48 Å². The Morgan fingerprint density at radius 2 is 2.00 bits per heavy atom. The summed E-state index contributed by atoms with van der Waals surface area (Å²) < 4.78 is 50.3. The topological polar surface area (TPSA) is 38.3 Å². The second-order valence-corrected chi connectivity index (χ2v) is 4.33. The van der Waals surface area contributed by atoms with Crippen LogP contribution in [0.25, 0.3) is 0 Å². The first-order valence-corrected chi connectivity index (χ1v) is 5.50. The van der Waals surface area contributed by atoms with Crippen molar-refractivity contribution in [2.75, 3.05) is 6.61 Å². The molecule has 106 valence electrons. The molecule has 0 unspecified atom stereocenters. The fraction of sp³-hybridized carbons (Fsp3) is 0.417. The lowest BCUT2D eigenvalue weighted by Crippen LogP contribution is -2.26. The normalized spacial score (nSPS) is 11.7. The van der Waals surface area contributed by atoms with Gasteiger partial charge >= 0.3 is 6.18 Å². The van der Waals surface area contributed by atoms with Crippen LogP contribution in [-0.4, -0.2) is 12.5 Å². The van der Waals surface area contributed by atoms with Crippen LogP contribution >= 0.6 is 0 Å². The summed E-state index contributed by atoms with van der Waals surface area (Å²) in [4.78, 5) is 16.3. The number of hydroxylamine groups is 1. The van der Waals surface area contributed by atoms with Gasteiger partial charge in [0.1, 0.15) is 5.82 Å². The van der Waals surface area contributed by atoms with E-state index in [0.29, 0.717) is 12.1 Å². The Morgan fingerprint density at radius 1 is 1.37 bits per heavy atom. The Balaban J connectivity index is 2.82. The van der Waals surface area contributed by atoms with Crippen molar-refractivity contribution in [2.45, 2.75) is 20.0 Å². The first-order chi connectivity index (χ1) is 8.71. The number of nitrogens with one attached hydrogen (secondary N) is 1. The molecule has 0 aliphatic carbocycles. The van der Waals surface area contributed by atoms with E-state index in [9.17, 15) is 22.4 Å². The Hall–Kier alpha value is -1.63. The zero-order valence-corrected chi connectivity index (χ0v) is 10.3. The summed E-state index contributed by atoms with van der Waals surface area (Å²) in [6, 6.07) is 2.00. The molecule has 0 aliphatic rings. The minimum Gasteiger partial charge on any atom is -0.273 e. The van der Waals surface area contributed by atoms with Crippen LogP contribution in [0.2, 0.25) is 0 Å². The summed E-state index contributed by atoms with van der Waals surface area (Å²) in [5.74, 6) is -2.13. The molecule has 0 aliphatic heterocycles. The van der Waals surface area contributed by atoms with Crippen molar-refractivity contribution in [3.63, 3.8) is 0 Å². The zero-order chi connectivity index (χ0) is 14.6. The maximum Gasteiger partial charge on any atom is 0.419 e. The summed E-state index contributed by atoms with van der Waals surface area (Å²) in [5.41, 5.74) is 0.196. The lowest BCUT2D eigenvalue weighted by atomic mass is 10.1. The molecule has 0 spiro atoms. The average molecular weight is 279 g/mol. The van der Waals surface area contributed by atoms with E-state index in [1.165, 1.54) is 0 Å². The molecule has 0 heterocycles. The van der Waals surface area contributed by atoms with Crippen LogP contribution in [-0.2, 0) is 11.0 Å². The minimum atomic E-state index is -4.85. The molecule has 1 amide bonds. The van der Waals surface area contributed by atoms with Gasteiger partial charge in [0.2, 0.25) is 0 Å². The van der Waals surface area contributed by atoms with E-state index < -0.39 is 23.5 Å². The molecule has 1 aromatic carbocycles. The molecule has 19 heavy (non-hydrogen) atoms. The van der Waals surface area contributed by atoms with E-state index >= 15 is 0 Å². The highest BCUT2D eigenvalue weighted by atomic mass is 19.4. The van der Waals surface area contributed by atoms with Gasteiger partial charge in [0.05, 0.1) is 12.2 Å². The maximum absolute atomic E-state index is 13.0. The van der Waals surface area contributed by atoms with Crippen molar-refractivity contribution in [3.05, 3.63) is 35.1 Å². The van der Waals surface area contributed by atoms with Crippen molar-refractivity contribution in [2.24, 2.45) is 5.92 Å². The van der Waals surface area contributed by atoms with Gasteiger partial charge in [0.15, 0.2) is 0 Å². The lowest BCUT2D eigenvalue weighted by Gasteiger charge is -2.11. The second kappa shape index (κ2) is 6.01. The van der Waals surface area contributed by atoms with Crippen LogP contribution in [0.5, 0.6) is 0 Å². The van der Waals surface area contributed by atoms with Crippen LogP contribution in [0, 0.1) is 11.7 Å². The van der Waals surface area contributed by atoms with Gasteiger partial charge in [0, 0.05) is 5.56 Å². The van der Waals surface area contributed by atoms with Crippen LogP contribution in [0.1, 0.15) is 29.8 Å². The number of carbonyl (C=O) groups is 1. The van der Waals surface area contributed by atoms with Crippen molar-refractivity contribution in [3.8, 4) is 0 Å². The highest BCUT2D eigenvalue weighted by molar-refractivity contribution is 5.93. The molecule has 0 atom stereocenters. The molecule has 0 radical (unpaired) electrons. The molecule has 3 nitrogen and oxygen atoms in total. The highest BCUT2D eigenvalue weighted by Crippen LogP contribution is 2.31. The fourth-order valence-corrected chi connectivity index (χ4v) is 1.22. The minimum absolute atomic E-state index is 0.152. The van der Waals surface area contributed by atoms with E-state index in [-0.39, 0.29) is 18.1 Å². The second-order valence-electron chi connectivity index (χ2n) is 4.33. The molecular formula is C12H13F4NO2. The number of hydrogen-bond acceptors (Lipinski definition) is 2. The van der Waals surface area contributed by atoms with Crippen LogP contribution in [0.15, 0.2) is 18.2 Å². The average Bonchev–Trinajstić information content (AvgIpc) is 2.27. The van der Waals surface area contributed by atoms with Gasteiger partial charge in [-0.25, -0.2) is 9.87 Å². The molecule has 7 heteroatoms. The third-order valence-corrected chi connectivity index (χ3v) is 2.12. The number of rotatable bonds is 4. The Morgan fingerprint density at radius 3 is 2.53 bits per heavy atom. The van der Waals surface area contributed by atoms with Gasteiger partial charge in [0.25, 0.3) is 5.91 Å². The molecule has 0 fully saturated rings. The number of amides is 1. The third kappa shape index (κ3) is 4.51. The predicted octanol–water partition coefficient (Wildman–Crippen LogP) is 3.16. The van der Waals surface area contributed by atoms with Gasteiger partial charge in [-0.2, -0.15) is 13.2 Å². The maximum atomic E-state index is 13.0. The molecular weight excluding hydrogens is 266 g/mol. The summed E-state index contributed by atoms with van der Waals surface area (Å²) in [6.45, 7) is 3.90. The first-order valence-electron chi connectivity index (χ1n) is 5.50. The third-order valence-electron chi connectivity index (χ3n) is 2.12. The molecule has 1 rings (SSSR count). The number of halogens is 4. The van der Waals surface area contributed by atoms with E-state index in [2.05, 4.69) is 0 Å². The van der Waals surface area contributed by atoms with Gasteiger partial charge in [-0.3, -0.25) is 9.63 Å². The standard InChI is InChI=1S/C12H13F4NO2/c1-7(2)6-19-17-11(18)8-3-4-10(13)9(5-8)12(14,15)16/h3-5,7H,6H2,1-2H3,(H,17,18). The monoisotopic (exact) mass is 279 g/mol. The van der Waals surface area contributed by atoms with Gasteiger partial charge in [-0.1, -0.05) is 13.8 Å². The SMILES string of the molecule is CC(C)CONC(=O)c1ccc(F)c(C(F)(F)F)c1.